The van der Waals surface area contributed by atoms with Crippen LogP contribution in [0.4, 0.5) is 5.69 Å². The van der Waals surface area contributed by atoms with Gasteiger partial charge in [-0.15, -0.1) is 0 Å². The Morgan fingerprint density at radius 2 is 1.88 bits per heavy atom. The summed E-state index contributed by atoms with van der Waals surface area (Å²) in [6, 6.07) is 9.02. The van der Waals surface area contributed by atoms with Crippen LogP contribution in [0.25, 0.3) is 0 Å². The highest BCUT2D eigenvalue weighted by Gasteiger charge is 2.17. The lowest BCUT2D eigenvalue weighted by Gasteiger charge is -2.11. The molecule has 0 aliphatic carbocycles. The van der Waals surface area contributed by atoms with E-state index in [2.05, 4.69) is 0 Å². The third-order valence-corrected chi connectivity index (χ3v) is 3.47. The zero-order chi connectivity index (χ0) is 17.5. The summed E-state index contributed by atoms with van der Waals surface area (Å²) in [5, 5.41) is 11.9. The molecule has 8 heteroatoms. The molecule has 6 nitrogen and oxygen atoms in total. The number of halogens is 2. The zero-order valence-corrected chi connectivity index (χ0v) is 14.3. The first-order valence-electron chi connectivity index (χ1n) is 7.13. The number of ether oxygens (including phenoxy) is 3. The summed E-state index contributed by atoms with van der Waals surface area (Å²) in [4.78, 5) is 10.6. The molecule has 0 amide bonds. The average molecular weight is 372 g/mol. The van der Waals surface area contributed by atoms with Gasteiger partial charge in [0.1, 0.15) is 18.1 Å². The fraction of sp³-hybridized carbons (Fsp3) is 0.250. The molecule has 0 bridgehead atoms. The Morgan fingerprint density at radius 1 is 1.08 bits per heavy atom. The Balaban J connectivity index is 2.19. The van der Waals surface area contributed by atoms with Gasteiger partial charge in [0.05, 0.1) is 16.6 Å². The van der Waals surface area contributed by atoms with Crippen LogP contribution in [0.3, 0.4) is 0 Å². The maximum absolute atomic E-state index is 11.1. The fourth-order valence-electron chi connectivity index (χ4n) is 1.86. The van der Waals surface area contributed by atoms with E-state index >= 15 is 0 Å². The van der Waals surface area contributed by atoms with E-state index in [0.717, 1.165) is 0 Å². The summed E-state index contributed by atoms with van der Waals surface area (Å²) in [5.41, 5.74) is -0.152. The number of nitro benzene ring substituents is 1. The Hall–Kier alpha value is -2.02. The van der Waals surface area contributed by atoms with Gasteiger partial charge in [0.15, 0.2) is 0 Å². The van der Waals surface area contributed by atoms with E-state index in [0.29, 0.717) is 34.8 Å². The van der Waals surface area contributed by atoms with E-state index in [1.54, 1.807) is 18.2 Å². The van der Waals surface area contributed by atoms with Crippen LogP contribution in [0.2, 0.25) is 10.0 Å². The number of benzene rings is 2. The normalized spacial score (nSPS) is 10.5. The molecule has 0 radical (unpaired) electrons. The predicted octanol–water partition coefficient (Wildman–Crippen LogP) is 5.11. The number of rotatable bonds is 8. The van der Waals surface area contributed by atoms with Gasteiger partial charge in [-0.3, -0.25) is 10.1 Å². The molecule has 0 aromatic heterocycles. The van der Waals surface area contributed by atoms with Crippen molar-refractivity contribution in [1.82, 2.24) is 0 Å². The van der Waals surface area contributed by atoms with Gasteiger partial charge in [0.2, 0.25) is 5.75 Å². The van der Waals surface area contributed by atoms with Crippen LogP contribution in [0.1, 0.15) is 6.92 Å². The maximum Gasteiger partial charge on any atom is 0.311 e. The lowest BCUT2D eigenvalue weighted by atomic mass is 10.2. The highest BCUT2D eigenvalue weighted by atomic mass is 35.5. The highest BCUT2D eigenvalue weighted by Crippen LogP contribution is 2.36. The molecule has 2 aromatic rings. The van der Waals surface area contributed by atoms with Crippen LogP contribution in [-0.4, -0.2) is 24.7 Å². The van der Waals surface area contributed by atoms with Crippen molar-refractivity contribution in [1.29, 1.82) is 0 Å². The topological polar surface area (TPSA) is 70.8 Å². The summed E-state index contributed by atoms with van der Waals surface area (Å²) in [7, 11) is 0. The highest BCUT2D eigenvalue weighted by molar-refractivity contribution is 6.35. The lowest BCUT2D eigenvalue weighted by Crippen LogP contribution is -2.07. The van der Waals surface area contributed by atoms with Gasteiger partial charge < -0.3 is 14.2 Å². The molecule has 0 N–H and O–H groups in total. The minimum Gasteiger partial charge on any atom is -0.484 e. The van der Waals surface area contributed by atoms with Crippen LogP contribution in [0, 0.1) is 10.1 Å². The van der Waals surface area contributed by atoms with Gasteiger partial charge in [-0.2, -0.15) is 0 Å². The van der Waals surface area contributed by atoms with Crippen molar-refractivity contribution >= 4 is 28.9 Å². The second kappa shape index (κ2) is 8.73. The molecule has 0 fully saturated rings. The summed E-state index contributed by atoms with van der Waals surface area (Å²) in [6.45, 7) is 2.93. The molecule has 2 aromatic carbocycles. The SMILES string of the molecule is CCOCCOc1cc(Oc2ccc(Cl)cc2Cl)ccc1[N+](=O)[O-]. The molecular weight excluding hydrogens is 357 g/mol. The summed E-state index contributed by atoms with van der Waals surface area (Å²) in [6.07, 6.45) is 0. The van der Waals surface area contributed by atoms with Gasteiger partial charge in [-0.1, -0.05) is 23.2 Å². The van der Waals surface area contributed by atoms with Crippen molar-refractivity contribution in [3.8, 4) is 17.2 Å². The third kappa shape index (κ3) is 4.99. The molecule has 2 rings (SSSR count). The minimum atomic E-state index is -0.519. The molecule has 0 saturated heterocycles. The van der Waals surface area contributed by atoms with E-state index in [-0.39, 0.29) is 18.0 Å². The quantitative estimate of drug-likeness (QED) is 0.366. The minimum absolute atomic E-state index is 0.0993. The first kappa shape index (κ1) is 18.3. The molecule has 24 heavy (non-hydrogen) atoms. The van der Waals surface area contributed by atoms with Crippen molar-refractivity contribution in [2.45, 2.75) is 6.92 Å². The van der Waals surface area contributed by atoms with Crippen LogP contribution in [0.15, 0.2) is 36.4 Å². The predicted molar refractivity (Wildman–Crippen MR) is 91.6 cm³/mol. The van der Waals surface area contributed by atoms with Crippen molar-refractivity contribution in [3.05, 3.63) is 56.6 Å². The third-order valence-electron chi connectivity index (χ3n) is 2.94. The van der Waals surface area contributed by atoms with Gasteiger partial charge in [-0.25, -0.2) is 0 Å². The Bertz CT molecular complexity index is 724. The second-order valence-electron chi connectivity index (χ2n) is 4.61. The molecule has 0 saturated carbocycles. The summed E-state index contributed by atoms with van der Waals surface area (Å²) < 4.78 is 16.2. The van der Waals surface area contributed by atoms with Gasteiger partial charge in [0.25, 0.3) is 0 Å². The van der Waals surface area contributed by atoms with E-state index in [1.165, 1.54) is 18.2 Å². The van der Waals surface area contributed by atoms with Crippen LogP contribution in [0.5, 0.6) is 17.2 Å². The van der Waals surface area contributed by atoms with Gasteiger partial charge in [0, 0.05) is 23.8 Å². The molecule has 0 aliphatic rings. The summed E-state index contributed by atoms with van der Waals surface area (Å²) in [5.74, 6) is 0.841. The van der Waals surface area contributed by atoms with E-state index in [4.69, 9.17) is 37.4 Å². The zero-order valence-electron chi connectivity index (χ0n) is 12.8. The van der Waals surface area contributed by atoms with Crippen LogP contribution < -0.4 is 9.47 Å². The largest absolute Gasteiger partial charge is 0.484 e. The number of nitro groups is 1. The number of nitrogens with zero attached hydrogens (tertiary/aromatic N) is 1. The molecule has 0 spiro atoms. The van der Waals surface area contributed by atoms with Crippen LogP contribution >= 0.6 is 23.2 Å². The standard InChI is InChI=1S/C16H15Cl2NO5/c1-2-22-7-8-23-16-10-12(4-5-14(16)19(20)21)24-15-6-3-11(17)9-13(15)18/h3-6,9-10H,2,7-8H2,1H3. The van der Waals surface area contributed by atoms with E-state index < -0.39 is 4.92 Å². The van der Waals surface area contributed by atoms with Crippen molar-refractivity contribution in [2.24, 2.45) is 0 Å². The molecular formula is C16H15Cl2NO5. The van der Waals surface area contributed by atoms with E-state index in [1.807, 2.05) is 6.92 Å². The van der Waals surface area contributed by atoms with Gasteiger partial charge in [-0.05, 0) is 31.2 Å². The first-order chi connectivity index (χ1) is 11.5. The molecule has 0 heterocycles. The Kier molecular flexibility index (Phi) is 6.66. The maximum atomic E-state index is 11.1. The van der Waals surface area contributed by atoms with Crippen molar-refractivity contribution in [2.75, 3.05) is 19.8 Å². The summed E-state index contributed by atoms with van der Waals surface area (Å²) >= 11 is 11.9. The first-order valence-corrected chi connectivity index (χ1v) is 7.88. The lowest BCUT2D eigenvalue weighted by molar-refractivity contribution is -0.385. The van der Waals surface area contributed by atoms with Crippen molar-refractivity contribution < 1.29 is 19.1 Å². The number of hydrogen-bond acceptors (Lipinski definition) is 5. The van der Waals surface area contributed by atoms with Gasteiger partial charge >= 0.3 is 5.69 Å². The Labute approximate surface area is 149 Å². The van der Waals surface area contributed by atoms with E-state index in [9.17, 15) is 10.1 Å². The van der Waals surface area contributed by atoms with Crippen molar-refractivity contribution in [3.63, 3.8) is 0 Å². The molecule has 0 unspecified atom stereocenters. The molecule has 0 aliphatic heterocycles. The average Bonchev–Trinajstić information content (AvgIpc) is 2.54. The molecule has 0 atom stereocenters. The Morgan fingerprint density at radius 3 is 2.54 bits per heavy atom. The number of hydrogen-bond donors (Lipinski definition) is 0. The molecule has 128 valence electrons. The van der Waals surface area contributed by atoms with Crippen LogP contribution in [-0.2, 0) is 4.74 Å². The fourth-order valence-corrected chi connectivity index (χ4v) is 2.31. The second-order valence-corrected chi connectivity index (χ2v) is 5.45. The monoisotopic (exact) mass is 371 g/mol. The smallest absolute Gasteiger partial charge is 0.311 e.